The van der Waals surface area contributed by atoms with Crippen molar-refractivity contribution in [2.24, 2.45) is 0 Å². The summed E-state index contributed by atoms with van der Waals surface area (Å²) in [5.41, 5.74) is 3.25. The number of rotatable bonds is 7. The van der Waals surface area contributed by atoms with Gasteiger partial charge in [0.2, 0.25) is 5.91 Å². The fraction of sp³-hybridized carbons (Fsp3) is 0.0800. The second-order valence-corrected chi connectivity index (χ2v) is 6.88. The number of nitrogens with zero attached hydrogens (tertiary/aromatic N) is 2. The van der Waals surface area contributed by atoms with Crippen molar-refractivity contribution in [3.05, 3.63) is 84.7 Å². The second-order valence-electron chi connectivity index (χ2n) is 6.88. The summed E-state index contributed by atoms with van der Waals surface area (Å²) in [4.78, 5) is 20.8. The lowest BCUT2D eigenvalue weighted by Crippen LogP contribution is -2.07. The van der Waals surface area contributed by atoms with Gasteiger partial charge in [-0.05, 0) is 42.0 Å². The number of amides is 1. The van der Waals surface area contributed by atoms with Crippen molar-refractivity contribution >= 4 is 40.1 Å². The molecule has 0 bridgehead atoms. The third-order valence-electron chi connectivity index (χ3n) is 4.78. The third kappa shape index (κ3) is 4.84. The summed E-state index contributed by atoms with van der Waals surface area (Å²) in [6, 6.07) is 20.7. The number of hydrogen-bond donors (Lipinski definition) is 2. The Morgan fingerprint density at radius 1 is 0.875 bits per heavy atom. The van der Waals surface area contributed by atoms with Crippen LogP contribution in [0.4, 0.5) is 17.2 Å². The zero-order valence-corrected chi connectivity index (χ0v) is 17.7. The molecule has 1 heterocycles. The number of aromatic nitrogens is 2. The van der Waals surface area contributed by atoms with Crippen molar-refractivity contribution in [2.75, 3.05) is 24.9 Å². The fourth-order valence-electron chi connectivity index (χ4n) is 3.17. The lowest BCUT2D eigenvalue weighted by atomic mass is 10.1. The van der Waals surface area contributed by atoms with Gasteiger partial charge in [0.1, 0.15) is 12.1 Å². The maximum Gasteiger partial charge on any atom is 0.248 e. The van der Waals surface area contributed by atoms with E-state index >= 15 is 0 Å². The number of nitrogens with one attached hydrogen (secondary N) is 2. The quantitative estimate of drug-likeness (QED) is 0.403. The third-order valence-corrected chi connectivity index (χ3v) is 4.78. The highest BCUT2D eigenvalue weighted by Gasteiger charge is 2.11. The molecule has 0 aliphatic carbocycles. The molecule has 0 atom stereocenters. The van der Waals surface area contributed by atoms with Crippen LogP contribution in [0.25, 0.3) is 17.0 Å². The molecular formula is C25H22N4O3. The molecular weight excluding hydrogens is 404 g/mol. The molecule has 7 heteroatoms. The zero-order chi connectivity index (χ0) is 22.3. The molecule has 0 spiro atoms. The van der Waals surface area contributed by atoms with E-state index in [1.807, 2.05) is 66.7 Å². The summed E-state index contributed by atoms with van der Waals surface area (Å²) < 4.78 is 10.7. The molecule has 0 radical (unpaired) electrons. The largest absolute Gasteiger partial charge is 0.493 e. The monoisotopic (exact) mass is 426 g/mol. The number of carbonyl (C=O) groups is 1. The maximum atomic E-state index is 12.1. The summed E-state index contributed by atoms with van der Waals surface area (Å²) >= 11 is 0. The molecule has 0 unspecified atom stereocenters. The van der Waals surface area contributed by atoms with Crippen molar-refractivity contribution < 1.29 is 14.3 Å². The lowest BCUT2D eigenvalue weighted by Gasteiger charge is -2.12. The van der Waals surface area contributed by atoms with E-state index in [2.05, 4.69) is 20.6 Å². The number of benzene rings is 3. The number of methoxy groups -OCH3 is 2. The minimum atomic E-state index is -0.185. The number of ether oxygens (including phenoxy) is 2. The van der Waals surface area contributed by atoms with Gasteiger partial charge in [0.25, 0.3) is 0 Å². The van der Waals surface area contributed by atoms with E-state index < -0.39 is 0 Å². The van der Waals surface area contributed by atoms with Gasteiger partial charge in [-0.2, -0.15) is 0 Å². The summed E-state index contributed by atoms with van der Waals surface area (Å²) in [6.45, 7) is 0. The van der Waals surface area contributed by atoms with Crippen molar-refractivity contribution in [1.29, 1.82) is 0 Å². The van der Waals surface area contributed by atoms with Crippen molar-refractivity contribution in [1.82, 2.24) is 9.97 Å². The second kappa shape index (κ2) is 9.61. The Morgan fingerprint density at radius 3 is 2.31 bits per heavy atom. The first-order valence-electron chi connectivity index (χ1n) is 9.94. The number of para-hydroxylation sites is 1. The molecule has 0 saturated carbocycles. The van der Waals surface area contributed by atoms with E-state index in [0.717, 1.165) is 27.8 Å². The average Bonchev–Trinajstić information content (AvgIpc) is 2.83. The average molecular weight is 426 g/mol. The molecule has 4 aromatic rings. The van der Waals surface area contributed by atoms with Crippen LogP contribution in [0, 0.1) is 0 Å². The first-order chi connectivity index (χ1) is 15.7. The Balaban J connectivity index is 1.48. The van der Waals surface area contributed by atoms with Crippen LogP contribution in [-0.4, -0.2) is 30.1 Å². The molecule has 0 saturated heterocycles. The van der Waals surface area contributed by atoms with Gasteiger partial charge < -0.3 is 20.1 Å². The normalized spacial score (nSPS) is 10.8. The zero-order valence-electron chi connectivity index (χ0n) is 17.7. The highest BCUT2D eigenvalue weighted by molar-refractivity contribution is 6.02. The Bertz CT molecular complexity index is 1260. The van der Waals surface area contributed by atoms with Gasteiger partial charge in [-0.3, -0.25) is 4.79 Å². The summed E-state index contributed by atoms with van der Waals surface area (Å²) in [5.74, 6) is 1.68. The Labute approximate surface area is 185 Å². The summed E-state index contributed by atoms with van der Waals surface area (Å²) in [5, 5.41) is 6.94. The van der Waals surface area contributed by atoms with Crippen molar-refractivity contribution in [3.8, 4) is 11.5 Å². The van der Waals surface area contributed by atoms with E-state index in [-0.39, 0.29) is 5.91 Å². The van der Waals surface area contributed by atoms with E-state index in [1.54, 1.807) is 20.3 Å². The minimum Gasteiger partial charge on any atom is -0.493 e. The molecule has 7 nitrogen and oxygen atoms in total. The Hall–Kier alpha value is -4.39. The van der Waals surface area contributed by atoms with Gasteiger partial charge in [0, 0.05) is 28.9 Å². The van der Waals surface area contributed by atoms with E-state index in [9.17, 15) is 4.79 Å². The molecule has 4 rings (SSSR count). The predicted molar refractivity (Wildman–Crippen MR) is 126 cm³/mol. The summed E-state index contributed by atoms with van der Waals surface area (Å²) in [7, 11) is 3.18. The molecule has 32 heavy (non-hydrogen) atoms. The van der Waals surface area contributed by atoms with Gasteiger partial charge in [-0.15, -0.1) is 0 Å². The van der Waals surface area contributed by atoms with E-state index in [4.69, 9.17) is 9.47 Å². The molecule has 2 N–H and O–H groups in total. The van der Waals surface area contributed by atoms with Crippen molar-refractivity contribution in [3.63, 3.8) is 0 Å². The number of hydrogen-bond acceptors (Lipinski definition) is 6. The molecule has 0 aliphatic heterocycles. The predicted octanol–water partition coefficient (Wildman–Crippen LogP) is 5.04. The first-order valence-corrected chi connectivity index (χ1v) is 9.94. The maximum absolute atomic E-state index is 12.1. The molecule has 0 fully saturated rings. The van der Waals surface area contributed by atoms with Crippen LogP contribution in [0.15, 0.2) is 79.1 Å². The van der Waals surface area contributed by atoms with Crippen LogP contribution in [0.2, 0.25) is 0 Å². The smallest absolute Gasteiger partial charge is 0.248 e. The molecule has 3 aromatic carbocycles. The molecule has 0 aliphatic rings. The SMILES string of the molecule is COc1cc2ncnc(Nc3ccc(/C=C/C(=O)Nc4ccccc4)cc3)c2cc1OC. The number of anilines is 3. The first kappa shape index (κ1) is 20.9. The summed E-state index contributed by atoms with van der Waals surface area (Å²) in [6.07, 6.45) is 4.77. The van der Waals surface area contributed by atoms with Crippen LogP contribution in [-0.2, 0) is 4.79 Å². The number of carbonyl (C=O) groups excluding carboxylic acids is 1. The van der Waals surface area contributed by atoms with Crippen molar-refractivity contribution in [2.45, 2.75) is 0 Å². The van der Waals surface area contributed by atoms with Crippen LogP contribution in [0.1, 0.15) is 5.56 Å². The highest BCUT2D eigenvalue weighted by Crippen LogP contribution is 2.34. The van der Waals surface area contributed by atoms with Gasteiger partial charge >= 0.3 is 0 Å². The van der Waals surface area contributed by atoms with Crippen LogP contribution in [0.5, 0.6) is 11.5 Å². The van der Waals surface area contributed by atoms with E-state index in [0.29, 0.717) is 17.3 Å². The Kier molecular flexibility index (Phi) is 6.27. The van der Waals surface area contributed by atoms with Gasteiger partial charge in [-0.1, -0.05) is 30.3 Å². The van der Waals surface area contributed by atoms with Gasteiger partial charge in [0.15, 0.2) is 11.5 Å². The standard InChI is InChI=1S/C25H22N4O3/c1-31-22-14-20-21(15-23(22)32-2)26-16-27-25(20)29-19-11-8-17(9-12-19)10-13-24(30)28-18-6-4-3-5-7-18/h3-16H,1-2H3,(H,28,30)(H,26,27,29)/b13-10+. The lowest BCUT2D eigenvalue weighted by molar-refractivity contribution is -0.111. The highest BCUT2D eigenvalue weighted by atomic mass is 16.5. The minimum absolute atomic E-state index is 0.185. The van der Waals surface area contributed by atoms with Crippen LogP contribution >= 0.6 is 0 Å². The fourth-order valence-corrected chi connectivity index (χ4v) is 3.17. The molecule has 1 aromatic heterocycles. The van der Waals surface area contributed by atoms with Crippen LogP contribution < -0.4 is 20.1 Å². The van der Waals surface area contributed by atoms with Gasteiger partial charge in [0.05, 0.1) is 19.7 Å². The van der Waals surface area contributed by atoms with Gasteiger partial charge in [-0.25, -0.2) is 9.97 Å². The number of fused-ring (bicyclic) bond motifs is 1. The molecule has 1 amide bonds. The van der Waals surface area contributed by atoms with E-state index in [1.165, 1.54) is 12.4 Å². The molecule has 160 valence electrons. The van der Waals surface area contributed by atoms with Crippen LogP contribution in [0.3, 0.4) is 0 Å². The topological polar surface area (TPSA) is 85.4 Å². The Morgan fingerprint density at radius 2 is 1.59 bits per heavy atom.